The van der Waals surface area contributed by atoms with Crippen molar-refractivity contribution >= 4 is 16.7 Å². The van der Waals surface area contributed by atoms with Crippen molar-refractivity contribution in [2.24, 2.45) is 14.1 Å². The van der Waals surface area contributed by atoms with Gasteiger partial charge in [-0.1, -0.05) is 18.2 Å². The minimum atomic E-state index is 0.634. The molecule has 0 bridgehead atoms. The highest BCUT2D eigenvalue weighted by atomic mass is 15.3. The van der Waals surface area contributed by atoms with Crippen molar-refractivity contribution in [1.82, 2.24) is 19.6 Å². The maximum Gasteiger partial charge on any atom is 0.122 e. The van der Waals surface area contributed by atoms with Gasteiger partial charge < -0.3 is 5.73 Å². The molecule has 0 aliphatic carbocycles. The molecule has 0 saturated carbocycles. The van der Waals surface area contributed by atoms with Crippen LogP contribution in [0.1, 0.15) is 0 Å². The SMILES string of the molecule is Cn1nc(-c2nn(C)c3ccccc23)cc1N. The number of hydrogen-bond acceptors (Lipinski definition) is 3. The number of nitrogens with two attached hydrogens (primary N) is 1. The molecule has 0 unspecified atom stereocenters. The minimum absolute atomic E-state index is 0.634. The Hall–Kier alpha value is -2.30. The van der Waals surface area contributed by atoms with E-state index in [2.05, 4.69) is 10.2 Å². The summed E-state index contributed by atoms with van der Waals surface area (Å²) in [6.45, 7) is 0. The fourth-order valence-corrected chi connectivity index (χ4v) is 2.00. The van der Waals surface area contributed by atoms with Crippen molar-refractivity contribution in [3.05, 3.63) is 30.3 Å². The number of nitrogen functional groups attached to an aromatic ring is 1. The molecule has 2 N–H and O–H groups in total. The molecule has 5 heteroatoms. The van der Waals surface area contributed by atoms with E-state index in [1.54, 1.807) is 4.68 Å². The van der Waals surface area contributed by atoms with Crippen LogP contribution in [-0.2, 0) is 14.1 Å². The van der Waals surface area contributed by atoms with Crippen LogP contribution < -0.4 is 5.73 Å². The average molecular weight is 227 g/mol. The van der Waals surface area contributed by atoms with Crippen molar-refractivity contribution in [2.45, 2.75) is 0 Å². The first-order valence-electron chi connectivity index (χ1n) is 5.38. The van der Waals surface area contributed by atoms with Crippen LogP contribution in [-0.4, -0.2) is 19.6 Å². The molecule has 0 aliphatic rings. The Bertz CT molecular complexity index is 673. The first-order valence-corrected chi connectivity index (χ1v) is 5.38. The van der Waals surface area contributed by atoms with Gasteiger partial charge in [-0.3, -0.25) is 9.36 Å². The second kappa shape index (κ2) is 3.35. The molecule has 0 atom stereocenters. The first kappa shape index (κ1) is 9.89. The summed E-state index contributed by atoms with van der Waals surface area (Å²) in [5.74, 6) is 0.634. The van der Waals surface area contributed by atoms with Gasteiger partial charge >= 0.3 is 0 Å². The van der Waals surface area contributed by atoms with E-state index in [-0.39, 0.29) is 0 Å². The van der Waals surface area contributed by atoms with E-state index in [0.29, 0.717) is 5.82 Å². The number of hydrogen-bond donors (Lipinski definition) is 1. The fourth-order valence-electron chi connectivity index (χ4n) is 2.00. The molecule has 86 valence electrons. The molecule has 2 heterocycles. The van der Waals surface area contributed by atoms with Crippen molar-refractivity contribution in [1.29, 1.82) is 0 Å². The molecule has 0 aliphatic heterocycles. The average Bonchev–Trinajstić information content (AvgIpc) is 2.82. The predicted octanol–water partition coefficient (Wildman–Crippen LogP) is 1.56. The van der Waals surface area contributed by atoms with Gasteiger partial charge in [-0.25, -0.2) is 0 Å². The van der Waals surface area contributed by atoms with Crippen molar-refractivity contribution < 1.29 is 0 Å². The molecule has 0 radical (unpaired) electrons. The Morgan fingerprint density at radius 1 is 1.06 bits per heavy atom. The molecule has 0 spiro atoms. The second-order valence-corrected chi connectivity index (χ2v) is 4.07. The Balaban J connectivity index is 2.30. The summed E-state index contributed by atoms with van der Waals surface area (Å²) in [5, 5.41) is 9.95. The predicted molar refractivity (Wildman–Crippen MR) is 67.3 cm³/mol. The number of aryl methyl sites for hydroxylation is 2. The molecule has 3 aromatic rings. The van der Waals surface area contributed by atoms with Crippen LogP contribution in [0.2, 0.25) is 0 Å². The van der Waals surface area contributed by atoms with Gasteiger partial charge in [-0.05, 0) is 6.07 Å². The normalized spacial score (nSPS) is 11.2. The Kier molecular flexibility index (Phi) is 1.95. The smallest absolute Gasteiger partial charge is 0.122 e. The zero-order chi connectivity index (χ0) is 12.0. The van der Waals surface area contributed by atoms with Crippen LogP contribution in [0.25, 0.3) is 22.3 Å². The monoisotopic (exact) mass is 227 g/mol. The highest BCUT2D eigenvalue weighted by Crippen LogP contribution is 2.27. The minimum Gasteiger partial charge on any atom is -0.384 e. The summed E-state index contributed by atoms with van der Waals surface area (Å²) in [6, 6.07) is 9.93. The molecule has 0 saturated heterocycles. The lowest BCUT2D eigenvalue weighted by Crippen LogP contribution is -1.96. The summed E-state index contributed by atoms with van der Waals surface area (Å²) < 4.78 is 3.51. The third-order valence-corrected chi connectivity index (χ3v) is 2.92. The van der Waals surface area contributed by atoms with Crippen molar-refractivity contribution in [3.8, 4) is 11.4 Å². The molecular formula is C12H13N5. The van der Waals surface area contributed by atoms with E-state index < -0.39 is 0 Å². The lowest BCUT2D eigenvalue weighted by Gasteiger charge is -1.91. The molecule has 5 nitrogen and oxygen atoms in total. The zero-order valence-electron chi connectivity index (χ0n) is 9.75. The van der Waals surface area contributed by atoms with Crippen LogP contribution in [0.3, 0.4) is 0 Å². The molecule has 17 heavy (non-hydrogen) atoms. The van der Waals surface area contributed by atoms with Gasteiger partial charge in [-0.2, -0.15) is 10.2 Å². The summed E-state index contributed by atoms with van der Waals surface area (Å²) in [7, 11) is 3.75. The molecule has 1 aromatic carbocycles. The lowest BCUT2D eigenvalue weighted by atomic mass is 10.2. The van der Waals surface area contributed by atoms with E-state index >= 15 is 0 Å². The summed E-state index contributed by atoms with van der Waals surface area (Å²) in [5.41, 5.74) is 8.56. The van der Waals surface area contributed by atoms with E-state index in [1.165, 1.54) is 0 Å². The number of fused-ring (bicyclic) bond motifs is 1. The lowest BCUT2D eigenvalue weighted by molar-refractivity contribution is 0.772. The topological polar surface area (TPSA) is 61.7 Å². The highest BCUT2D eigenvalue weighted by Gasteiger charge is 2.13. The van der Waals surface area contributed by atoms with Crippen molar-refractivity contribution in [2.75, 3.05) is 5.73 Å². The van der Waals surface area contributed by atoms with Gasteiger partial charge in [0.25, 0.3) is 0 Å². The Morgan fingerprint density at radius 3 is 2.53 bits per heavy atom. The third kappa shape index (κ3) is 1.39. The third-order valence-electron chi connectivity index (χ3n) is 2.92. The van der Waals surface area contributed by atoms with E-state index in [9.17, 15) is 0 Å². The van der Waals surface area contributed by atoms with E-state index in [0.717, 1.165) is 22.3 Å². The number of aromatic nitrogens is 4. The van der Waals surface area contributed by atoms with Gasteiger partial charge in [0.15, 0.2) is 0 Å². The maximum atomic E-state index is 5.79. The Labute approximate surface area is 98.5 Å². The van der Waals surface area contributed by atoms with Crippen LogP contribution >= 0.6 is 0 Å². The van der Waals surface area contributed by atoms with Gasteiger partial charge in [0.05, 0.1) is 5.52 Å². The van der Waals surface area contributed by atoms with Crippen LogP contribution in [0, 0.1) is 0 Å². The first-order chi connectivity index (χ1) is 8.16. The van der Waals surface area contributed by atoms with E-state index in [1.807, 2.05) is 49.1 Å². The highest BCUT2D eigenvalue weighted by molar-refractivity contribution is 5.92. The zero-order valence-corrected chi connectivity index (χ0v) is 9.75. The summed E-state index contributed by atoms with van der Waals surface area (Å²) in [6.07, 6.45) is 0. The molecule has 3 rings (SSSR count). The number of para-hydroxylation sites is 1. The molecule has 0 amide bonds. The van der Waals surface area contributed by atoms with Gasteiger partial charge in [-0.15, -0.1) is 0 Å². The Morgan fingerprint density at radius 2 is 1.82 bits per heavy atom. The van der Waals surface area contributed by atoms with Crippen LogP contribution in [0.15, 0.2) is 30.3 Å². The number of benzene rings is 1. The molecule has 0 fully saturated rings. The number of rotatable bonds is 1. The van der Waals surface area contributed by atoms with Gasteiger partial charge in [0.1, 0.15) is 17.2 Å². The van der Waals surface area contributed by atoms with Gasteiger partial charge in [0, 0.05) is 25.5 Å². The molecule has 2 aromatic heterocycles. The fraction of sp³-hybridized carbons (Fsp3) is 0.167. The van der Waals surface area contributed by atoms with Crippen LogP contribution in [0.4, 0.5) is 5.82 Å². The van der Waals surface area contributed by atoms with E-state index in [4.69, 9.17) is 5.73 Å². The van der Waals surface area contributed by atoms with Crippen molar-refractivity contribution in [3.63, 3.8) is 0 Å². The summed E-state index contributed by atoms with van der Waals surface area (Å²) in [4.78, 5) is 0. The van der Waals surface area contributed by atoms with Gasteiger partial charge in [0.2, 0.25) is 0 Å². The summed E-state index contributed by atoms with van der Waals surface area (Å²) >= 11 is 0. The largest absolute Gasteiger partial charge is 0.384 e. The quantitative estimate of drug-likeness (QED) is 0.686. The second-order valence-electron chi connectivity index (χ2n) is 4.07. The van der Waals surface area contributed by atoms with Crippen LogP contribution in [0.5, 0.6) is 0 Å². The number of nitrogens with zero attached hydrogens (tertiary/aromatic N) is 4. The standard InChI is InChI=1S/C12H13N5/c1-16-10-6-4-3-5-8(10)12(15-16)9-7-11(13)17(2)14-9/h3-7H,13H2,1-2H3. The maximum absolute atomic E-state index is 5.79. The molecular weight excluding hydrogens is 214 g/mol. The number of anilines is 1.